The zero-order chi connectivity index (χ0) is 12.4. The van der Waals surface area contributed by atoms with Gasteiger partial charge in [0.05, 0.1) is 6.61 Å². The van der Waals surface area contributed by atoms with Gasteiger partial charge in [-0.25, -0.2) is 4.79 Å². The van der Waals surface area contributed by atoms with Crippen LogP contribution in [0.3, 0.4) is 0 Å². The number of carbonyl (C=O) groups excluding carboxylic acids is 1. The van der Waals surface area contributed by atoms with Gasteiger partial charge in [0.25, 0.3) is 0 Å². The molecule has 0 amide bonds. The molecule has 0 radical (unpaired) electrons. The molecule has 0 saturated carbocycles. The van der Waals surface area contributed by atoms with Gasteiger partial charge in [0.15, 0.2) is 0 Å². The molecule has 0 aromatic rings. The van der Waals surface area contributed by atoms with Crippen molar-refractivity contribution in [2.45, 2.75) is 18.9 Å². The van der Waals surface area contributed by atoms with E-state index < -0.39 is 12.0 Å². The number of unbranched alkanes of at least 4 members (excludes halogenated alkanes) is 1. The summed E-state index contributed by atoms with van der Waals surface area (Å²) in [6.07, 6.45) is 2.80. The molecule has 0 rings (SSSR count). The van der Waals surface area contributed by atoms with Crippen LogP contribution >= 0.6 is 33.2 Å². The number of rotatable bonds is 9. The van der Waals surface area contributed by atoms with Crippen LogP contribution < -0.4 is 0 Å². The fraction of sp³-hybridized carbons (Fsp3) is 0.667. The first-order valence-corrected chi connectivity index (χ1v) is 10.1. The Labute approximate surface area is 111 Å². The summed E-state index contributed by atoms with van der Waals surface area (Å²) in [4.78, 5) is 10.6. The van der Waals surface area contributed by atoms with Crippen molar-refractivity contribution in [1.29, 1.82) is 0 Å². The fourth-order valence-corrected chi connectivity index (χ4v) is 2.75. The van der Waals surface area contributed by atoms with E-state index >= 15 is 0 Å². The second-order valence-corrected chi connectivity index (χ2v) is 12.3. The van der Waals surface area contributed by atoms with Crippen LogP contribution in [0.4, 0.5) is 0 Å². The average molecular weight is 306 g/mol. The molecule has 0 aliphatic rings. The Balaban J connectivity index is 3.16. The largest absolute Gasteiger partial charge is 0.460 e. The fourth-order valence-electron chi connectivity index (χ4n) is 0.892. The van der Waals surface area contributed by atoms with Crippen LogP contribution in [0, 0.1) is 0 Å². The summed E-state index contributed by atoms with van der Waals surface area (Å²) in [5.41, 5.74) is 0. The van der Waals surface area contributed by atoms with Crippen molar-refractivity contribution in [2.24, 2.45) is 0 Å². The lowest BCUT2D eigenvalue weighted by Gasteiger charge is -2.07. The number of hydrogen-bond acceptors (Lipinski definition) is 3. The molecule has 0 atom stereocenters. The van der Waals surface area contributed by atoms with E-state index in [0.29, 0.717) is 19.3 Å². The van der Waals surface area contributed by atoms with Crippen molar-refractivity contribution < 1.29 is 14.3 Å². The van der Waals surface area contributed by atoms with Gasteiger partial charge in [-0.15, -0.1) is 33.2 Å². The maximum Gasteiger partial charge on any atom is 0.341 e. The summed E-state index contributed by atoms with van der Waals surface area (Å²) in [5, 5.41) is 0. The van der Waals surface area contributed by atoms with Crippen molar-refractivity contribution in [2.75, 3.05) is 19.8 Å². The molecule has 16 heavy (non-hydrogen) atoms. The standard InChI is InChI=1S/C9H15Cl3O3Si/c1-2-9(13)15-7-6-14-5-3-4-8-16(10,11)12/h2H,1,3-8H2. The van der Waals surface area contributed by atoms with Crippen LogP contribution in [0.5, 0.6) is 0 Å². The Morgan fingerprint density at radius 1 is 1.19 bits per heavy atom. The van der Waals surface area contributed by atoms with Crippen molar-refractivity contribution in [1.82, 2.24) is 0 Å². The Bertz CT molecular complexity index is 219. The number of carbonyl (C=O) groups is 1. The highest BCUT2D eigenvalue weighted by Crippen LogP contribution is 2.26. The zero-order valence-corrected chi connectivity index (χ0v) is 12.2. The van der Waals surface area contributed by atoms with Gasteiger partial charge in [0, 0.05) is 12.7 Å². The minimum Gasteiger partial charge on any atom is -0.460 e. The van der Waals surface area contributed by atoms with Crippen LogP contribution in [0.15, 0.2) is 12.7 Å². The number of ether oxygens (including phenoxy) is 2. The molecule has 3 nitrogen and oxygen atoms in total. The van der Waals surface area contributed by atoms with Crippen molar-refractivity contribution in [3.8, 4) is 0 Å². The van der Waals surface area contributed by atoms with Gasteiger partial charge >= 0.3 is 12.0 Å². The first-order chi connectivity index (χ1) is 7.45. The quantitative estimate of drug-likeness (QED) is 0.216. The normalized spacial score (nSPS) is 11.2. The zero-order valence-electron chi connectivity index (χ0n) is 8.89. The first kappa shape index (κ1) is 16.3. The molecule has 0 aliphatic heterocycles. The van der Waals surface area contributed by atoms with E-state index in [4.69, 9.17) is 42.7 Å². The summed E-state index contributed by atoms with van der Waals surface area (Å²) < 4.78 is 9.93. The highest BCUT2D eigenvalue weighted by Gasteiger charge is 2.23. The van der Waals surface area contributed by atoms with E-state index in [2.05, 4.69) is 6.58 Å². The summed E-state index contributed by atoms with van der Waals surface area (Å²) in [6.45, 7) is 4.48. The molecule has 0 bridgehead atoms. The summed E-state index contributed by atoms with van der Waals surface area (Å²) in [6, 6.07) is -1.83. The molecule has 0 aliphatic carbocycles. The second-order valence-electron chi connectivity index (χ2n) is 3.06. The Hall–Kier alpha value is 0.257. The van der Waals surface area contributed by atoms with E-state index in [1.165, 1.54) is 0 Å². The van der Waals surface area contributed by atoms with Gasteiger partial charge in [-0.3, -0.25) is 0 Å². The third-order valence-electron chi connectivity index (χ3n) is 1.64. The van der Waals surface area contributed by atoms with Gasteiger partial charge in [-0.1, -0.05) is 13.0 Å². The molecule has 0 spiro atoms. The Kier molecular flexibility index (Phi) is 9.45. The van der Waals surface area contributed by atoms with Crippen LogP contribution in [-0.2, 0) is 14.3 Å². The Morgan fingerprint density at radius 3 is 2.44 bits per heavy atom. The van der Waals surface area contributed by atoms with Gasteiger partial charge < -0.3 is 9.47 Å². The third kappa shape index (κ3) is 12.3. The van der Waals surface area contributed by atoms with Crippen LogP contribution in [-0.4, -0.2) is 31.8 Å². The van der Waals surface area contributed by atoms with E-state index in [9.17, 15) is 4.79 Å². The summed E-state index contributed by atoms with van der Waals surface area (Å²) in [7, 11) is 0. The number of esters is 1. The average Bonchev–Trinajstić information content (AvgIpc) is 2.20. The molecule has 94 valence electrons. The van der Waals surface area contributed by atoms with Gasteiger partial charge in [-0.2, -0.15) is 0 Å². The number of hydrogen-bond donors (Lipinski definition) is 0. The van der Waals surface area contributed by atoms with Crippen LogP contribution in [0.2, 0.25) is 6.04 Å². The van der Waals surface area contributed by atoms with E-state index in [1.807, 2.05) is 0 Å². The van der Waals surface area contributed by atoms with Crippen molar-refractivity contribution in [3.63, 3.8) is 0 Å². The highest BCUT2D eigenvalue weighted by molar-refractivity contribution is 7.64. The van der Waals surface area contributed by atoms with Crippen LogP contribution in [0.1, 0.15) is 12.8 Å². The van der Waals surface area contributed by atoms with E-state index in [-0.39, 0.29) is 6.61 Å². The molecular formula is C9H15Cl3O3Si. The number of halogens is 3. The lowest BCUT2D eigenvalue weighted by Crippen LogP contribution is -2.10. The second kappa shape index (κ2) is 9.30. The first-order valence-electron chi connectivity index (χ1n) is 4.89. The Morgan fingerprint density at radius 2 is 1.88 bits per heavy atom. The van der Waals surface area contributed by atoms with Gasteiger partial charge in [-0.05, 0) is 12.5 Å². The summed E-state index contributed by atoms with van der Waals surface area (Å²) >= 11 is 17.1. The van der Waals surface area contributed by atoms with Crippen molar-refractivity contribution in [3.05, 3.63) is 12.7 Å². The lowest BCUT2D eigenvalue weighted by atomic mass is 10.4. The van der Waals surface area contributed by atoms with Crippen molar-refractivity contribution >= 4 is 45.2 Å². The molecule has 0 N–H and O–H groups in total. The minimum atomic E-state index is -2.47. The summed E-state index contributed by atoms with van der Waals surface area (Å²) in [5.74, 6) is -0.439. The molecule has 0 unspecified atom stereocenters. The smallest absolute Gasteiger partial charge is 0.341 e. The third-order valence-corrected chi connectivity index (χ3v) is 4.26. The maximum absolute atomic E-state index is 10.6. The highest BCUT2D eigenvalue weighted by atomic mass is 35.8. The molecule has 7 heteroatoms. The molecule has 0 aromatic heterocycles. The predicted molar refractivity (Wildman–Crippen MR) is 69.3 cm³/mol. The van der Waals surface area contributed by atoms with E-state index in [1.54, 1.807) is 0 Å². The van der Waals surface area contributed by atoms with Gasteiger partial charge in [0.1, 0.15) is 6.61 Å². The molecule has 0 aromatic carbocycles. The van der Waals surface area contributed by atoms with Crippen LogP contribution in [0.25, 0.3) is 0 Å². The van der Waals surface area contributed by atoms with E-state index in [0.717, 1.165) is 18.9 Å². The molecular weight excluding hydrogens is 291 g/mol. The predicted octanol–water partition coefficient (Wildman–Crippen LogP) is 3.17. The SMILES string of the molecule is C=CC(=O)OCCOCCCC[Si](Cl)(Cl)Cl. The molecule has 0 heterocycles. The monoisotopic (exact) mass is 304 g/mol. The molecule has 0 saturated heterocycles. The molecule has 0 fully saturated rings. The topological polar surface area (TPSA) is 35.5 Å². The minimum absolute atomic E-state index is 0.240. The maximum atomic E-state index is 10.6. The lowest BCUT2D eigenvalue weighted by molar-refractivity contribution is -0.139. The van der Waals surface area contributed by atoms with Gasteiger partial charge in [0.2, 0.25) is 0 Å².